The molecule has 0 saturated heterocycles. The minimum Gasteiger partial charge on any atom is -0.466 e. The number of esters is 1. The lowest BCUT2D eigenvalue weighted by molar-refractivity contribution is -0.144. The number of carbonyl (C=O) groups excluding carboxylic acids is 2. The molecule has 0 spiro atoms. The second-order valence-electron chi connectivity index (χ2n) is 5.35. The van der Waals surface area contributed by atoms with Crippen LogP contribution in [0.5, 0.6) is 0 Å². The number of carbonyl (C=O) groups is 2. The molecule has 0 aromatic heterocycles. The first-order chi connectivity index (χ1) is 9.49. The average Bonchev–Trinajstić information content (AvgIpc) is 2.38. The Bertz CT molecular complexity index is 429. The van der Waals surface area contributed by atoms with E-state index in [0.29, 0.717) is 18.1 Å². The highest BCUT2D eigenvalue weighted by molar-refractivity contribution is 5.94. The fraction of sp³-hybridized carbons (Fsp3) is 0.500. The van der Waals surface area contributed by atoms with Gasteiger partial charge in [0.05, 0.1) is 13.0 Å². The van der Waals surface area contributed by atoms with E-state index < -0.39 is 0 Å². The van der Waals surface area contributed by atoms with Gasteiger partial charge in [-0.1, -0.05) is 32.0 Å². The summed E-state index contributed by atoms with van der Waals surface area (Å²) in [5, 5.41) is 2.79. The second-order valence-corrected chi connectivity index (χ2v) is 5.35. The topological polar surface area (TPSA) is 55.4 Å². The summed E-state index contributed by atoms with van der Waals surface area (Å²) < 4.78 is 5.12. The fourth-order valence-electron chi connectivity index (χ4n) is 1.67. The molecular weight excluding hydrogens is 254 g/mol. The van der Waals surface area contributed by atoms with Gasteiger partial charge in [0.15, 0.2) is 0 Å². The van der Waals surface area contributed by atoms with Crippen LogP contribution in [-0.2, 0) is 9.53 Å². The quantitative estimate of drug-likeness (QED) is 0.780. The Kier molecular flexibility index (Phi) is 6.77. The number of ether oxygens (including phenoxy) is 1. The molecule has 0 radical (unpaired) electrons. The molecule has 0 bridgehead atoms. The van der Waals surface area contributed by atoms with Crippen molar-refractivity contribution in [3.8, 4) is 0 Å². The summed E-state index contributed by atoms with van der Waals surface area (Å²) in [5.74, 6) is 0.0672. The van der Waals surface area contributed by atoms with E-state index in [-0.39, 0.29) is 24.3 Å². The van der Waals surface area contributed by atoms with Crippen LogP contribution in [-0.4, -0.2) is 24.5 Å². The Morgan fingerprint density at radius 3 is 2.40 bits per heavy atom. The SMILES string of the molecule is CC(C)CCOC(=O)CC(C)NC(=O)c1ccccc1. The maximum absolute atomic E-state index is 11.9. The third-order valence-electron chi connectivity index (χ3n) is 2.84. The number of amides is 1. The van der Waals surface area contributed by atoms with E-state index in [2.05, 4.69) is 19.2 Å². The van der Waals surface area contributed by atoms with Crippen molar-refractivity contribution >= 4 is 11.9 Å². The van der Waals surface area contributed by atoms with Crippen LogP contribution in [0.4, 0.5) is 0 Å². The third-order valence-corrected chi connectivity index (χ3v) is 2.84. The van der Waals surface area contributed by atoms with Crippen molar-refractivity contribution in [2.24, 2.45) is 5.92 Å². The lowest BCUT2D eigenvalue weighted by Gasteiger charge is -2.13. The van der Waals surface area contributed by atoms with E-state index in [1.165, 1.54) is 0 Å². The smallest absolute Gasteiger partial charge is 0.307 e. The van der Waals surface area contributed by atoms with Gasteiger partial charge in [0.1, 0.15) is 0 Å². The molecule has 1 aromatic rings. The number of nitrogens with one attached hydrogen (secondary N) is 1. The molecule has 0 heterocycles. The first-order valence-corrected chi connectivity index (χ1v) is 7.00. The zero-order valence-corrected chi connectivity index (χ0v) is 12.4. The first kappa shape index (κ1) is 16.2. The molecule has 110 valence electrons. The van der Waals surface area contributed by atoms with Crippen LogP contribution in [0, 0.1) is 5.92 Å². The summed E-state index contributed by atoms with van der Waals surface area (Å²) in [6.45, 7) is 6.40. The lowest BCUT2D eigenvalue weighted by Crippen LogP contribution is -2.34. The van der Waals surface area contributed by atoms with Gasteiger partial charge in [-0.25, -0.2) is 0 Å². The number of hydrogen-bond donors (Lipinski definition) is 1. The molecular formula is C16H23NO3. The molecule has 0 saturated carbocycles. The van der Waals surface area contributed by atoms with E-state index in [0.717, 1.165) is 6.42 Å². The molecule has 4 heteroatoms. The summed E-state index contributed by atoms with van der Waals surface area (Å²) in [5.41, 5.74) is 0.590. The van der Waals surface area contributed by atoms with Crippen LogP contribution in [0.1, 0.15) is 44.0 Å². The molecule has 4 nitrogen and oxygen atoms in total. The molecule has 1 rings (SSSR count). The van der Waals surface area contributed by atoms with Gasteiger partial charge in [0.25, 0.3) is 5.91 Å². The zero-order valence-electron chi connectivity index (χ0n) is 12.4. The molecule has 1 aromatic carbocycles. The predicted octanol–water partition coefficient (Wildman–Crippen LogP) is 2.78. The van der Waals surface area contributed by atoms with Gasteiger partial charge in [-0.15, -0.1) is 0 Å². The van der Waals surface area contributed by atoms with Crippen molar-refractivity contribution < 1.29 is 14.3 Å². The Balaban J connectivity index is 2.31. The minimum atomic E-state index is -0.272. The molecule has 0 aliphatic rings. The Morgan fingerprint density at radius 1 is 1.15 bits per heavy atom. The van der Waals surface area contributed by atoms with Gasteiger partial charge in [-0.05, 0) is 31.4 Å². The Morgan fingerprint density at radius 2 is 1.80 bits per heavy atom. The summed E-state index contributed by atoms with van der Waals surface area (Å²) in [6.07, 6.45) is 1.05. The third kappa shape index (κ3) is 6.36. The summed E-state index contributed by atoms with van der Waals surface area (Å²) in [7, 11) is 0. The zero-order chi connectivity index (χ0) is 15.0. The van der Waals surface area contributed by atoms with Crippen LogP contribution < -0.4 is 5.32 Å². The lowest BCUT2D eigenvalue weighted by atomic mass is 10.1. The molecule has 20 heavy (non-hydrogen) atoms. The maximum atomic E-state index is 11.9. The second kappa shape index (κ2) is 8.35. The Hall–Kier alpha value is -1.84. The van der Waals surface area contributed by atoms with E-state index in [4.69, 9.17) is 4.74 Å². The molecule has 0 aliphatic heterocycles. The van der Waals surface area contributed by atoms with Crippen molar-refractivity contribution in [3.63, 3.8) is 0 Å². The molecule has 1 amide bonds. The van der Waals surface area contributed by atoms with Crippen molar-refractivity contribution in [1.29, 1.82) is 0 Å². The van der Waals surface area contributed by atoms with Gasteiger partial charge in [0, 0.05) is 11.6 Å². The minimum absolute atomic E-state index is 0.173. The van der Waals surface area contributed by atoms with E-state index in [9.17, 15) is 9.59 Å². The highest BCUT2D eigenvalue weighted by atomic mass is 16.5. The van der Waals surface area contributed by atoms with Crippen LogP contribution in [0.3, 0.4) is 0 Å². The van der Waals surface area contributed by atoms with Crippen LogP contribution in [0.15, 0.2) is 30.3 Å². The predicted molar refractivity (Wildman–Crippen MR) is 78.4 cm³/mol. The summed E-state index contributed by atoms with van der Waals surface area (Å²) in [4.78, 5) is 23.5. The standard InChI is InChI=1S/C16H23NO3/c1-12(2)9-10-20-15(18)11-13(3)17-16(19)14-7-5-4-6-8-14/h4-8,12-13H,9-11H2,1-3H3,(H,17,19). The van der Waals surface area contributed by atoms with Gasteiger partial charge in [0.2, 0.25) is 0 Å². The van der Waals surface area contributed by atoms with E-state index in [1.54, 1.807) is 31.2 Å². The first-order valence-electron chi connectivity index (χ1n) is 7.00. The summed E-state index contributed by atoms with van der Waals surface area (Å²) >= 11 is 0. The maximum Gasteiger partial charge on any atom is 0.307 e. The molecule has 0 fully saturated rings. The van der Waals surface area contributed by atoms with Gasteiger partial charge < -0.3 is 10.1 Å². The summed E-state index contributed by atoms with van der Waals surface area (Å²) in [6, 6.07) is 8.70. The Labute approximate surface area is 120 Å². The van der Waals surface area contributed by atoms with Crippen molar-refractivity contribution in [3.05, 3.63) is 35.9 Å². The molecule has 0 aliphatic carbocycles. The van der Waals surface area contributed by atoms with Crippen LogP contribution >= 0.6 is 0 Å². The highest BCUT2D eigenvalue weighted by Gasteiger charge is 2.14. The monoisotopic (exact) mass is 277 g/mol. The number of hydrogen-bond acceptors (Lipinski definition) is 3. The normalized spacial score (nSPS) is 12.0. The van der Waals surface area contributed by atoms with E-state index >= 15 is 0 Å². The fourth-order valence-corrected chi connectivity index (χ4v) is 1.67. The molecule has 1 unspecified atom stereocenters. The van der Waals surface area contributed by atoms with Crippen LogP contribution in [0.25, 0.3) is 0 Å². The van der Waals surface area contributed by atoms with Gasteiger partial charge in [-0.2, -0.15) is 0 Å². The van der Waals surface area contributed by atoms with Crippen molar-refractivity contribution in [2.75, 3.05) is 6.61 Å². The van der Waals surface area contributed by atoms with Gasteiger partial charge in [-0.3, -0.25) is 9.59 Å². The van der Waals surface area contributed by atoms with Crippen molar-refractivity contribution in [1.82, 2.24) is 5.32 Å². The largest absolute Gasteiger partial charge is 0.466 e. The number of benzene rings is 1. The molecule has 1 N–H and O–H groups in total. The average molecular weight is 277 g/mol. The van der Waals surface area contributed by atoms with E-state index in [1.807, 2.05) is 6.07 Å². The molecule has 1 atom stereocenters. The van der Waals surface area contributed by atoms with Crippen molar-refractivity contribution in [2.45, 2.75) is 39.7 Å². The van der Waals surface area contributed by atoms with Crippen LogP contribution in [0.2, 0.25) is 0 Å². The highest BCUT2D eigenvalue weighted by Crippen LogP contribution is 2.03. The van der Waals surface area contributed by atoms with Gasteiger partial charge >= 0.3 is 5.97 Å². The number of rotatable bonds is 7.